The summed E-state index contributed by atoms with van der Waals surface area (Å²) in [6, 6.07) is 12.1. The number of benzene rings is 2. The van der Waals surface area contributed by atoms with Gasteiger partial charge in [0.1, 0.15) is 22.8 Å². The van der Waals surface area contributed by atoms with E-state index in [-0.39, 0.29) is 17.3 Å². The molecule has 3 rings (SSSR count). The van der Waals surface area contributed by atoms with Crippen LogP contribution in [0.1, 0.15) is 18.9 Å². The lowest BCUT2D eigenvalue weighted by atomic mass is 10.2. The van der Waals surface area contributed by atoms with Crippen LogP contribution in [-0.4, -0.2) is 21.5 Å². The second kappa shape index (κ2) is 9.28. The first-order chi connectivity index (χ1) is 14.8. The summed E-state index contributed by atoms with van der Waals surface area (Å²) in [6.07, 6.45) is -3.29. The van der Waals surface area contributed by atoms with Gasteiger partial charge in [-0.15, -0.1) is 0 Å². The average molecular weight is 433 g/mol. The van der Waals surface area contributed by atoms with Crippen LogP contribution in [0.4, 0.5) is 42.0 Å². The van der Waals surface area contributed by atoms with Crippen LogP contribution >= 0.6 is 0 Å². The van der Waals surface area contributed by atoms with Gasteiger partial charge in [-0.3, -0.25) is 10.1 Å². The minimum Gasteiger partial charge on any atom is -0.494 e. The minimum atomic E-state index is -4.76. The van der Waals surface area contributed by atoms with Crippen LogP contribution in [0.25, 0.3) is 0 Å². The lowest BCUT2D eigenvalue weighted by molar-refractivity contribution is -0.383. The van der Waals surface area contributed by atoms with Crippen LogP contribution in [-0.2, 0) is 6.18 Å². The van der Waals surface area contributed by atoms with Gasteiger partial charge in [-0.25, -0.2) is 4.98 Å². The molecule has 0 spiro atoms. The Labute approximate surface area is 175 Å². The number of nitro groups is 1. The topological polar surface area (TPSA) is 102 Å². The molecule has 0 amide bonds. The molecule has 0 atom stereocenters. The van der Waals surface area contributed by atoms with E-state index in [1.54, 1.807) is 24.3 Å². The highest BCUT2D eigenvalue weighted by atomic mass is 19.4. The fraction of sp³-hybridized carbons (Fsp3) is 0.200. The molecule has 2 aromatic carbocycles. The molecule has 0 aliphatic rings. The van der Waals surface area contributed by atoms with Crippen LogP contribution in [0.5, 0.6) is 5.75 Å². The molecule has 8 nitrogen and oxygen atoms in total. The third-order valence-electron chi connectivity index (χ3n) is 4.03. The van der Waals surface area contributed by atoms with E-state index in [1.165, 1.54) is 24.3 Å². The highest BCUT2D eigenvalue weighted by Gasteiger charge is 2.35. The zero-order valence-corrected chi connectivity index (χ0v) is 16.3. The molecule has 1 heterocycles. The normalized spacial score (nSPS) is 11.1. The number of hydrogen-bond donors (Lipinski definition) is 2. The maximum absolute atomic E-state index is 13.4. The SMILES string of the molecule is CCCOc1ccc(Nc2ncc(C(F)(F)F)c(Nc3ccccc3[N+](=O)[O-])n2)cc1. The Bertz CT molecular complexity index is 1060. The molecule has 31 heavy (non-hydrogen) atoms. The molecule has 0 saturated heterocycles. The number of anilines is 4. The van der Waals surface area contributed by atoms with Gasteiger partial charge in [-0.2, -0.15) is 18.2 Å². The number of alkyl halides is 3. The lowest BCUT2D eigenvalue weighted by Gasteiger charge is -2.15. The van der Waals surface area contributed by atoms with Crippen molar-refractivity contribution in [1.82, 2.24) is 9.97 Å². The van der Waals surface area contributed by atoms with Crippen molar-refractivity contribution < 1.29 is 22.8 Å². The third-order valence-corrected chi connectivity index (χ3v) is 4.03. The summed E-state index contributed by atoms with van der Waals surface area (Å²) in [4.78, 5) is 18.1. The second-order valence-corrected chi connectivity index (χ2v) is 6.35. The van der Waals surface area contributed by atoms with Crippen molar-refractivity contribution in [3.05, 3.63) is 70.4 Å². The van der Waals surface area contributed by atoms with Crippen molar-refractivity contribution in [3.63, 3.8) is 0 Å². The molecule has 0 bridgehead atoms. The predicted octanol–water partition coefficient (Wildman–Crippen LogP) is 5.68. The van der Waals surface area contributed by atoms with E-state index in [0.717, 1.165) is 6.42 Å². The van der Waals surface area contributed by atoms with E-state index in [1.807, 2.05) is 6.92 Å². The summed E-state index contributed by atoms with van der Waals surface area (Å²) in [5.41, 5.74) is -1.13. The number of ether oxygens (including phenoxy) is 1. The predicted molar refractivity (Wildman–Crippen MR) is 109 cm³/mol. The van der Waals surface area contributed by atoms with Crippen molar-refractivity contribution in [3.8, 4) is 5.75 Å². The first-order valence-corrected chi connectivity index (χ1v) is 9.22. The van der Waals surface area contributed by atoms with Gasteiger partial charge in [0.15, 0.2) is 0 Å². The Morgan fingerprint density at radius 1 is 1.10 bits per heavy atom. The van der Waals surface area contributed by atoms with Gasteiger partial charge in [0.05, 0.1) is 11.5 Å². The monoisotopic (exact) mass is 433 g/mol. The minimum absolute atomic E-state index is 0.115. The van der Waals surface area contributed by atoms with Crippen LogP contribution in [0.3, 0.4) is 0 Å². The van der Waals surface area contributed by atoms with Gasteiger partial charge in [0, 0.05) is 18.0 Å². The summed E-state index contributed by atoms with van der Waals surface area (Å²) >= 11 is 0. The molecule has 0 fully saturated rings. The molecule has 0 radical (unpaired) electrons. The summed E-state index contributed by atoms with van der Waals surface area (Å²) in [7, 11) is 0. The quantitative estimate of drug-likeness (QED) is 0.348. The zero-order chi connectivity index (χ0) is 22.4. The van der Waals surface area contributed by atoms with Crippen LogP contribution in [0.2, 0.25) is 0 Å². The van der Waals surface area contributed by atoms with E-state index in [9.17, 15) is 23.3 Å². The summed E-state index contributed by atoms with van der Waals surface area (Å²) in [6.45, 7) is 2.54. The summed E-state index contributed by atoms with van der Waals surface area (Å²) < 4.78 is 45.8. The molecule has 0 saturated carbocycles. The van der Waals surface area contributed by atoms with Gasteiger partial charge < -0.3 is 15.4 Å². The fourth-order valence-electron chi connectivity index (χ4n) is 2.59. The van der Waals surface area contributed by atoms with Crippen LogP contribution in [0, 0.1) is 10.1 Å². The Kier molecular flexibility index (Phi) is 6.53. The summed E-state index contributed by atoms with van der Waals surface area (Å²) in [5, 5.41) is 16.4. The van der Waals surface area contributed by atoms with Crippen molar-refractivity contribution in [2.45, 2.75) is 19.5 Å². The van der Waals surface area contributed by atoms with Crippen molar-refractivity contribution in [2.24, 2.45) is 0 Å². The molecular weight excluding hydrogens is 415 g/mol. The van der Waals surface area contributed by atoms with E-state index < -0.39 is 22.5 Å². The molecule has 11 heteroatoms. The van der Waals surface area contributed by atoms with Crippen molar-refractivity contribution in [2.75, 3.05) is 17.2 Å². The number of hydrogen-bond acceptors (Lipinski definition) is 7. The first-order valence-electron chi connectivity index (χ1n) is 9.22. The highest BCUT2D eigenvalue weighted by Crippen LogP contribution is 2.37. The van der Waals surface area contributed by atoms with Gasteiger partial charge in [-0.05, 0) is 36.8 Å². The lowest BCUT2D eigenvalue weighted by Crippen LogP contribution is -2.13. The smallest absolute Gasteiger partial charge is 0.421 e. The molecule has 162 valence electrons. The number of para-hydroxylation sites is 2. The van der Waals surface area contributed by atoms with Gasteiger partial charge in [0.25, 0.3) is 5.69 Å². The van der Waals surface area contributed by atoms with Crippen LogP contribution in [0.15, 0.2) is 54.7 Å². The Hall–Kier alpha value is -3.89. The van der Waals surface area contributed by atoms with Crippen LogP contribution < -0.4 is 15.4 Å². The van der Waals surface area contributed by atoms with E-state index >= 15 is 0 Å². The van der Waals surface area contributed by atoms with Gasteiger partial charge in [-0.1, -0.05) is 19.1 Å². The Balaban J connectivity index is 1.90. The fourth-order valence-corrected chi connectivity index (χ4v) is 2.59. The second-order valence-electron chi connectivity index (χ2n) is 6.35. The third kappa shape index (κ3) is 5.59. The molecule has 0 aliphatic carbocycles. The highest BCUT2D eigenvalue weighted by molar-refractivity contribution is 5.70. The number of halogens is 3. The standard InChI is InChI=1S/C20H18F3N5O3/c1-2-11-31-14-9-7-13(8-10-14)25-19-24-12-15(20(21,22)23)18(27-19)26-16-5-3-4-6-17(16)28(29)30/h3-10,12H,2,11H2,1H3,(H2,24,25,26,27). The Morgan fingerprint density at radius 2 is 1.81 bits per heavy atom. The van der Waals surface area contributed by atoms with Gasteiger partial charge in [0.2, 0.25) is 5.95 Å². The van der Waals surface area contributed by atoms with E-state index in [2.05, 4.69) is 20.6 Å². The maximum atomic E-state index is 13.4. The summed E-state index contributed by atoms with van der Waals surface area (Å²) in [5.74, 6) is -0.0713. The molecule has 2 N–H and O–H groups in total. The molecular formula is C20H18F3N5O3. The molecule has 0 unspecified atom stereocenters. The van der Waals surface area contributed by atoms with E-state index in [4.69, 9.17) is 4.74 Å². The number of rotatable bonds is 8. The number of nitrogens with one attached hydrogen (secondary N) is 2. The molecule has 0 aliphatic heterocycles. The number of nitrogens with zero attached hydrogens (tertiary/aromatic N) is 3. The van der Waals surface area contributed by atoms with Crippen molar-refractivity contribution >= 4 is 28.8 Å². The number of nitro benzene ring substituents is 1. The largest absolute Gasteiger partial charge is 0.494 e. The van der Waals surface area contributed by atoms with Crippen molar-refractivity contribution in [1.29, 1.82) is 0 Å². The average Bonchev–Trinajstić information content (AvgIpc) is 2.73. The first kappa shape index (κ1) is 21.8. The van der Waals surface area contributed by atoms with E-state index in [0.29, 0.717) is 24.2 Å². The Morgan fingerprint density at radius 3 is 2.45 bits per heavy atom. The molecule has 3 aromatic rings. The molecule has 1 aromatic heterocycles. The zero-order valence-electron chi connectivity index (χ0n) is 16.3. The number of aromatic nitrogens is 2. The van der Waals surface area contributed by atoms with Gasteiger partial charge >= 0.3 is 6.18 Å². The maximum Gasteiger partial charge on any atom is 0.421 e.